The Bertz CT molecular complexity index is 431. The number of carboxylic acids is 1. The van der Waals surface area contributed by atoms with E-state index in [-0.39, 0.29) is 9.16 Å². The third-order valence-corrected chi connectivity index (χ3v) is 2.57. The van der Waals surface area contributed by atoms with Gasteiger partial charge < -0.3 is 20.9 Å². The van der Waals surface area contributed by atoms with Gasteiger partial charge in [0.25, 0.3) is 0 Å². The summed E-state index contributed by atoms with van der Waals surface area (Å²) in [7, 11) is -2.03. The van der Waals surface area contributed by atoms with Crippen LogP contribution in [-0.2, 0) is 0 Å². The molecule has 0 saturated heterocycles. The number of nitrogens with two attached hydrogens (primary N) is 1. The van der Waals surface area contributed by atoms with Crippen LogP contribution in [0, 0.1) is 3.70 Å². The first-order valence-corrected chi connectivity index (χ1v) is 4.61. The lowest BCUT2D eigenvalue weighted by Gasteiger charge is -1.97. The Hall–Kier alpha value is -1.14. The molecule has 1 aromatic rings. The van der Waals surface area contributed by atoms with Crippen molar-refractivity contribution in [3.63, 3.8) is 0 Å². The first-order valence-electron chi connectivity index (χ1n) is 3.54. The van der Waals surface area contributed by atoms with Gasteiger partial charge in [-0.05, 0) is 22.6 Å². The maximum Gasteiger partial charge on any atom is 0.493 e. The average molecular weight is 325 g/mol. The molecule has 80 valence electrons. The van der Waals surface area contributed by atoms with Gasteiger partial charge in [0.1, 0.15) is 3.70 Å². The molecular weight excluding hydrogens is 320 g/mol. The van der Waals surface area contributed by atoms with Crippen molar-refractivity contribution in [2.75, 3.05) is 0 Å². The first-order chi connectivity index (χ1) is 6.86. The van der Waals surface area contributed by atoms with Crippen LogP contribution in [0.2, 0.25) is 0 Å². The van der Waals surface area contributed by atoms with Crippen LogP contribution in [-0.4, -0.2) is 44.1 Å². The second-order valence-corrected chi connectivity index (χ2v) is 3.50. The number of nitrogens with zero attached hydrogens (tertiary/aromatic N) is 2. The van der Waals surface area contributed by atoms with Crippen LogP contribution in [0.25, 0.3) is 0 Å². The van der Waals surface area contributed by atoms with E-state index in [9.17, 15) is 9.59 Å². The van der Waals surface area contributed by atoms with E-state index in [2.05, 4.69) is 5.10 Å². The minimum Gasteiger partial charge on any atom is -0.476 e. The Morgan fingerprint density at radius 2 is 2.00 bits per heavy atom. The number of carbonyl (C=O) groups excluding carboxylic acids is 1. The van der Waals surface area contributed by atoms with Gasteiger partial charge in [-0.25, -0.2) is 9.59 Å². The van der Waals surface area contributed by atoms with Crippen molar-refractivity contribution < 1.29 is 24.7 Å². The number of amides is 1. The molecule has 1 heterocycles. The summed E-state index contributed by atoms with van der Waals surface area (Å²) in [5, 5.41) is 29.8. The highest BCUT2D eigenvalue weighted by atomic mass is 127. The van der Waals surface area contributed by atoms with E-state index in [1.807, 2.05) is 0 Å². The molecule has 0 aliphatic heterocycles. The number of aromatic nitrogens is 2. The minimum absolute atomic E-state index is 0.0486. The largest absolute Gasteiger partial charge is 0.493 e. The molecular formula is C5H5BIN3O5. The van der Waals surface area contributed by atoms with Crippen molar-refractivity contribution in [3.05, 3.63) is 9.39 Å². The molecule has 0 atom stereocenters. The molecule has 0 unspecified atom stereocenters. The van der Waals surface area contributed by atoms with Crippen LogP contribution in [0.3, 0.4) is 0 Å². The van der Waals surface area contributed by atoms with Gasteiger partial charge in [0.2, 0.25) is 0 Å². The van der Waals surface area contributed by atoms with E-state index in [0.29, 0.717) is 4.68 Å². The van der Waals surface area contributed by atoms with E-state index < -0.39 is 24.8 Å². The smallest absolute Gasteiger partial charge is 0.476 e. The third-order valence-electron chi connectivity index (χ3n) is 1.53. The van der Waals surface area contributed by atoms with Gasteiger partial charge in [-0.15, -0.1) is 0 Å². The van der Waals surface area contributed by atoms with Crippen LogP contribution in [0.5, 0.6) is 0 Å². The van der Waals surface area contributed by atoms with Crippen LogP contribution in [0.1, 0.15) is 10.5 Å². The summed E-state index contributed by atoms with van der Waals surface area (Å²) in [4.78, 5) is 21.5. The molecule has 5 N–H and O–H groups in total. The van der Waals surface area contributed by atoms with Gasteiger partial charge >= 0.3 is 19.1 Å². The lowest BCUT2D eigenvalue weighted by Crippen LogP contribution is -2.36. The quantitative estimate of drug-likeness (QED) is 0.359. The molecule has 10 heteroatoms. The van der Waals surface area contributed by atoms with Crippen molar-refractivity contribution in [3.8, 4) is 0 Å². The fraction of sp³-hybridized carbons (Fsp3) is 0. The standard InChI is InChI=1S/C5H5BIN3O5/c7-3-1(6(14)15)2(4(11)12)9-10(3)5(8)13/h14-15H,(H2,8,13)(H,11,12). The van der Waals surface area contributed by atoms with Gasteiger partial charge in [0.05, 0.1) is 0 Å². The van der Waals surface area contributed by atoms with Crippen LogP contribution in [0.15, 0.2) is 0 Å². The van der Waals surface area contributed by atoms with Gasteiger partial charge in [-0.3, -0.25) is 0 Å². The summed E-state index contributed by atoms with van der Waals surface area (Å²) >= 11 is 1.54. The van der Waals surface area contributed by atoms with Crippen molar-refractivity contribution in [1.29, 1.82) is 0 Å². The molecule has 0 aromatic carbocycles. The zero-order chi connectivity index (χ0) is 11.7. The fourth-order valence-electron chi connectivity index (χ4n) is 0.942. The molecule has 0 radical (unpaired) electrons. The summed E-state index contributed by atoms with van der Waals surface area (Å²) in [6, 6.07) is -1.01. The van der Waals surface area contributed by atoms with Crippen molar-refractivity contribution in [2.24, 2.45) is 5.73 Å². The van der Waals surface area contributed by atoms with E-state index >= 15 is 0 Å². The number of rotatable bonds is 2. The maximum atomic E-state index is 10.8. The van der Waals surface area contributed by atoms with E-state index in [1.54, 1.807) is 22.6 Å². The van der Waals surface area contributed by atoms with Crippen molar-refractivity contribution in [1.82, 2.24) is 9.78 Å². The highest BCUT2D eigenvalue weighted by Gasteiger charge is 2.30. The Kier molecular flexibility index (Phi) is 3.31. The maximum absolute atomic E-state index is 10.8. The first kappa shape index (κ1) is 11.9. The predicted octanol–water partition coefficient (Wildman–Crippen LogP) is -2.21. The zero-order valence-corrected chi connectivity index (χ0v) is 9.24. The molecule has 0 spiro atoms. The highest BCUT2D eigenvalue weighted by molar-refractivity contribution is 14.1. The molecule has 0 aliphatic rings. The second-order valence-electron chi connectivity index (χ2n) is 2.48. The summed E-state index contributed by atoms with van der Waals surface area (Å²) in [5.74, 6) is -1.48. The Balaban J connectivity index is 3.46. The molecule has 0 fully saturated rings. The monoisotopic (exact) mass is 325 g/mol. The summed E-state index contributed by atoms with van der Waals surface area (Å²) in [5.41, 5.74) is 3.92. The number of halogens is 1. The van der Waals surface area contributed by atoms with Gasteiger partial charge in [-0.2, -0.15) is 9.78 Å². The highest BCUT2D eigenvalue weighted by Crippen LogP contribution is 2.05. The summed E-state index contributed by atoms with van der Waals surface area (Å²) in [6.45, 7) is 0. The number of hydrogen-bond acceptors (Lipinski definition) is 5. The Morgan fingerprint density at radius 1 is 1.47 bits per heavy atom. The Morgan fingerprint density at radius 3 is 2.27 bits per heavy atom. The predicted molar refractivity (Wildman–Crippen MR) is 56.7 cm³/mol. The number of primary amides is 1. The van der Waals surface area contributed by atoms with E-state index in [1.165, 1.54) is 0 Å². The lowest BCUT2D eigenvalue weighted by atomic mass is 9.80. The lowest BCUT2D eigenvalue weighted by molar-refractivity contribution is 0.0691. The topological polar surface area (TPSA) is 139 Å². The van der Waals surface area contributed by atoms with E-state index in [0.717, 1.165) is 0 Å². The molecule has 15 heavy (non-hydrogen) atoms. The van der Waals surface area contributed by atoms with Crippen LogP contribution in [0.4, 0.5) is 4.79 Å². The number of carbonyl (C=O) groups is 2. The molecule has 0 saturated carbocycles. The molecule has 1 aromatic heterocycles. The van der Waals surface area contributed by atoms with Gasteiger partial charge in [0.15, 0.2) is 5.69 Å². The van der Waals surface area contributed by atoms with Gasteiger partial charge in [0, 0.05) is 5.46 Å². The average Bonchev–Trinajstić information content (AvgIpc) is 2.42. The number of aromatic carboxylic acids is 1. The molecule has 1 rings (SSSR count). The van der Waals surface area contributed by atoms with Crippen LogP contribution < -0.4 is 11.2 Å². The number of carboxylic acid groups (broad SMARTS) is 1. The Labute approximate surface area is 97.0 Å². The molecule has 0 aliphatic carbocycles. The molecule has 8 nitrogen and oxygen atoms in total. The van der Waals surface area contributed by atoms with Crippen molar-refractivity contribution >= 4 is 47.2 Å². The van der Waals surface area contributed by atoms with Gasteiger partial charge in [-0.1, -0.05) is 0 Å². The van der Waals surface area contributed by atoms with E-state index in [4.69, 9.17) is 20.9 Å². The van der Waals surface area contributed by atoms with Crippen molar-refractivity contribution in [2.45, 2.75) is 0 Å². The molecule has 0 bridgehead atoms. The minimum atomic E-state index is -2.03. The number of hydrogen-bond donors (Lipinski definition) is 4. The molecule has 1 amide bonds. The second kappa shape index (κ2) is 4.16. The zero-order valence-electron chi connectivity index (χ0n) is 7.09. The fourth-order valence-corrected chi connectivity index (χ4v) is 1.82. The summed E-state index contributed by atoms with van der Waals surface area (Å²) < 4.78 is 0.534. The SMILES string of the molecule is NC(=O)n1nc(C(=O)O)c(B(O)O)c1I. The third kappa shape index (κ3) is 2.10. The normalized spacial score (nSPS) is 10.1. The van der Waals surface area contributed by atoms with Crippen LogP contribution >= 0.6 is 22.6 Å². The summed E-state index contributed by atoms with van der Waals surface area (Å²) in [6.07, 6.45) is 0.